The van der Waals surface area contributed by atoms with Gasteiger partial charge in [-0.3, -0.25) is 38.4 Å². The number of unbranched alkanes of at least 4 members (excludes halogenated alkanes) is 6. The predicted molar refractivity (Wildman–Crippen MR) is 453 cm³/mol. The van der Waals surface area contributed by atoms with Crippen LogP contribution in [0.5, 0.6) is 69.0 Å². The molecule has 0 spiro atoms. The Morgan fingerprint density at radius 3 is 1.66 bits per heavy atom. The quantitative estimate of drug-likeness (QED) is 0.0476. The smallest absolute Gasteiger partial charge is 0.330 e. The van der Waals surface area contributed by atoms with Gasteiger partial charge in [-0.25, -0.2) is 4.79 Å². The van der Waals surface area contributed by atoms with Crippen LogP contribution in [0.15, 0.2) is 115 Å². The molecule has 0 saturated carbocycles. The van der Waals surface area contributed by atoms with Crippen molar-refractivity contribution < 1.29 is 162 Å². The van der Waals surface area contributed by atoms with Crippen molar-refractivity contribution in [2.45, 2.75) is 212 Å². The largest absolute Gasteiger partial charge is 0.508 e. The first-order chi connectivity index (χ1) is 63.0. The van der Waals surface area contributed by atoms with E-state index < -0.39 is 316 Å². The maximum absolute atomic E-state index is 17.0. The molecular formula is C88H97Cl2N9O33. The third-order valence-corrected chi connectivity index (χ3v) is 24.0. The van der Waals surface area contributed by atoms with E-state index in [1.165, 1.54) is 30.3 Å². The van der Waals surface area contributed by atoms with Gasteiger partial charge in [0.1, 0.15) is 156 Å². The number of phenols is 4. The summed E-state index contributed by atoms with van der Waals surface area (Å²) in [6, 6.07) is 0.681. The summed E-state index contributed by atoms with van der Waals surface area (Å²) in [5.41, 5.74) is 2.79. The third-order valence-electron chi connectivity index (χ3n) is 23.5. The Balaban J connectivity index is 1.04. The normalized spacial score (nSPS) is 28.9. The number of benzene rings is 7. The topological polar surface area (TPSA) is 662 Å². The number of aliphatic hydroxyl groups is 10. The van der Waals surface area contributed by atoms with E-state index >= 15 is 24.0 Å². The lowest BCUT2D eigenvalue weighted by Crippen LogP contribution is -2.65. The van der Waals surface area contributed by atoms with Crippen molar-refractivity contribution in [1.29, 1.82) is 0 Å². The molecule has 7 aromatic rings. The molecule has 25 N–H and O–H groups in total. The van der Waals surface area contributed by atoms with Gasteiger partial charge in [-0.1, -0.05) is 92.9 Å². The van der Waals surface area contributed by atoms with Crippen LogP contribution in [-0.4, -0.2) is 254 Å². The Kier molecular flexibility index (Phi) is 29.8. The van der Waals surface area contributed by atoms with E-state index in [9.17, 15) is 95.8 Å². The zero-order valence-corrected chi connectivity index (χ0v) is 71.6. The fourth-order valence-electron chi connectivity index (χ4n) is 16.5. The van der Waals surface area contributed by atoms with Gasteiger partial charge < -0.3 is 167 Å². The van der Waals surface area contributed by atoms with E-state index in [0.29, 0.717) is 12.8 Å². The maximum atomic E-state index is 17.0. The molecule has 44 heteroatoms. The first-order valence-corrected chi connectivity index (χ1v) is 42.9. The highest BCUT2D eigenvalue weighted by Gasteiger charge is 2.52. The second-order valence-corrected chi connectivity index (χ2v) is 33.5. The number of halogens is 2. The highest BCUT2D eigenvalue weighted by Crippen LogP contribution is 2.51. The first-order valence-electron chi connectivity index (χ1n) is 42.1. The van der Waals surface area contributed by atoms with Crippen molar-refractivity contribution >= 4 is 76.4 Å². The first kappa shape index (κ1) is 96.0. The van der Waals surface area contributed by atoms with Gasteiger partial charge in [0.15, 0.2) is 35.3 Å². The maximum Gasteiger partial charge on any atom is 0.330 e. The van der Waals surface area contributed by atoms with Crippen LogP contribution in [0.4, 0.5) is 0 Å². The highest BCUT2D eigenvalue weighted by atomic mass is 35.5. The molecule has 16 rings (SSSR count). The Morgan fingerprint density at radius 1 is 0.485 bits per heavy atom. The number of aromatic hydroxyl groups is 4. The van der Waals surface area contributed by atoms with Crippen molar-refractivity contribution in [2.24, 2.45) is 5.73 Å². The van der Waals surface area contributed by atoms with Crippen LogP contribution < -0.4 is 72.0 Å². The molecular weight excluding hydrogens is 1780 g/mol. The number of amides is 8. The van der Waals surface area contributed by atoms with E-state index in [0.717, 1.165) is 124 Å². The van der Waals surface area contributed by atoms with Gasteiger partial charge in [0.05, 0.1) is 29.9 Å². The van der Waals surface area contributed by atoms with Gasteiger partial charge in [-0.2, -0.15) is 0 Å². The number of aliphatic hydroxyl groups excluding tert-OH is 10. The van der Waals surface area contributed by atoms with Gasteiger partial charge in [0, 0.05) is 48.6 Å². The number of hydrogen-bond donors (Lipinski definition) is 24. The number of rotatable bonds is 20. The lowest BCUT2D eigenvalue weighted by molar-refractivity contribution is -0.284. The molecule has 132 heavy (non-hydrogen) atoms. The minimum Gasteiger partial charge on any atom is -0.508 e. The lowest BCUT2D eigenvalue weighted by Gasteiger charge is -2.44. The van der Waals surface area contributed by atoms with Gasteiger partial charge in [0.25, 0.3) is 0 Å². The van der Waals surface area contributed by atoms with Crippen molar-refractivity contribution in [1.82, 2.24) is 42.5 Å². The van der Waals surface area contributed by atoms with Gasteiger partial charge >= 0.3 is 5.97 Å². The minimum absolute atomic E-state index is 0.0272. The number of carboxylic acid groups (broad SMARTS) is 1. The standard InChI is InChI=1S/C88H97Cl2N9O33/c1-3-4-5-6-7-8-9-10-60(108)94-68-74(113)71(110)58(32-101)129-87(68)132-78-55-26-40-27-56(78)126-52-18-14-38(24-47(52)90)77(131-86-67(92-34(2)103)73(112)70(109)57(31-100)128-86)69-84(121)98-66(85(122)123)45-29-42(105)30-54(127-88-76(115)75(114)72(111)59(33-102)130-88)61(45)44-23-37(13-15-49(44)106)63(81(118)99-69)96-83(120)65(40)97-82(119)64-39-21-41(104)28-43(22-39)124-53-25-36(12-16-50(53)107)62(91)80(117)93-48(79(116)95-64)20-35-11-17-51(125-55)46(89)19-35/h11-19,21-30,48,57-59,62-77,86-88,100-102,104-107,109-115H,3-10,20,31-33,91H2,1-2H3,(H,92,103)(H,93,117)(H,94,108)(H,95,116)(H,96,120)(H,97,119)(H,98,121)(H,99,118)(H,122,123)/t48-,57-,58+,59-,62-,63-,64+,65-,66+,67?,68+,69+,70-,71+,72-,73-,74+,75+,76+,77-,86+,87+,88+/m0/s1. The SMILES string of the molecule is CCCCCCCCCC(=O)N[C@H]1[C@@H](Oc2c3cc4cc2Oc2ccc(cc2Cl)[C@H](O[C@H]2O[C@@H](CO)[C@H](O)[C@@H](O)C2NC(C)=O)[C@H]2NC(=O)[C@@H](NC(=O)[C@H]4NC(=O)[C@@H]4NC(=O)[C@H](Cc5ccc(c(Cl)c5)O3)NC(=O)[C@@H](N)c3ccc(O)c(c3)Oc3cc(O)cc4c3)c3ccc(O)c(c3)-c3c(O[C@@H]4O[C@@H](CO)[C@H](O)[C@@H](O)[C@H]4O)cc(O)cc3[C@H](C(=O)O)NC2=O)O[C@H](CO)[C@@H](O)[C@@H]1O. The summed E-state index contributed by atoms with van der Waals surface area (Å²) in [5.74, 6) is -19.5. The number of carboxylic acids is 1. The van der Waals surface area contributed by atoms with Crippen LogP contribution >= 0.6 is 23.2 Å². The Labute approximate surface area is 759 Å². The zero-order chi connectivity index (χ0) is 94.7. The average Bonchev–Trinajstić information content (AvgIpc) is 0.757. The summed E-state index contributed by atoms with van der Waals surface area (Å²) in [6.45, 7) is -0.110. The zero-order valence-electron chi connectivity index (χ0n) is 70.1. The summed E-state index contributed by atoms with van der Waals surface area (Å²) >= 11 is 14.7. The molecule has 9 heterocycles. The number of hydrogen-bond acceptors (Lipinski definition) is 33. The van der Waals surface area contributed by atoms with E-state index in [2.05, 4.69) is 49.5 Å². The monoisotopic (exact) mass is 1880 g/mol. The molecule has 23 atom stereocenters. The molecule has 1 unspecified atom stereocenters. The van der Waals surface area contributed by atoms with Crippen LogP contribution in [-0.2, 0) is 68.5 Å². The van der Waals surface area contributed by atoms with Crippen molar-refractivity contribution in [3.05, 3.63) is 164 Å². The number of nitrogens with one attached hydrogen (secondary N) is 8. The molecule has 0 aliphatic carbocycles. The minimum atomic E-state index is -2.59. The van der Waals surface area contributed by atoms with Crippen LogP contribution in [0.2, 0.25) is 10.0 Å². The van der Waals surface area contributed by atoms with Crippen molar-refractivity contribution in [2.75, 3.05) is 19.8 Å². The number of aliphatic carboxylic acids is 1. The Hall–Kier alpha value is -12.1. The van der Waals surface area contributed by atoms with E-state index in [1.807, 2.05) is 0 Å². The highest BCUT2D eigenvalue weighted by molar-refractivity contribution is 6.32. The van der Waals surface area contributed by atoms with E-state index in [-0.39, 0.29) is 39.8 Å². The molecule has 0 radical (unpaired) electrons. The molecule has 706 valence electrons. The van der Waals surface area contributed by atoms with Gasteiger partial charge in [-0.15, -0.1) is 0 Å². The molecule has 42 nitrogen and oxygen atoms in total. The number of ether oxygens (including phenoxy) is 9. The molecule has 9 aliphatic heterocycles. The average molecular weight is 1880 g/mol. The van der Waals surface area contributed by atoms with Crippen LogP contribution in [0.1, 0.15) is 140 Å². The summed E-state index contributed by atoms with van der Waals surface area (Å²) in [4.78, 5) is 138. The van der Waals surface area contributed by atoms with Gasteiger partial charge in [0.2, 0.25) is 65.6 Å². The number of phenolic OH excluding ortho intramolecular Hbond substituents is 4. The van der Waals surface area contributed by atoms with Crippen molar-refractivity contribution in [3.8, 4) is 80.1 Å². The summed E-state index contributed by atoms with van der Waals surface area (Å²) < 4.78 is 57.5. The fraction of sp³-hybridized carbons (Fsp3) is 0.420. The second kappa shape index (κ2) is 41.0. The Morgan fingerprint density at radius 2 is 1.03 bits per heavy atom. The van der Waals surface area contributed by atoms with Gasteiger partial charge in [-0.05, 0) is 119 Å². The number of nitrogens with two attached hydrogens (primary N) is 1. The fourth-order valence-corrected chi connectivity index (χ4v) is 17.0. The van der Waals surface area contributed by atoms with E-state index in [1.54, 1.807) is 0 Å². The number of fused-ring (bicyclic) bond motifs is 14. The van der Waals surface area contributed by atoms with Crippen molar-refractivity contribution in [3.63, 3.8) is 0 Å². The van der Waals surface area contributed by atoms with Crippen LogP contribution in [0.3, 0.4) is 0 Å². The van der Waals surface area contributed by atoms with E-state index in [4.69, 9.17) is 71.6 Å². The predicted octanol–water partition coefficient (Wildman–Crippen LogP) is 1.16. The molecule has 3 saturated heterocycles. The van der Waals surface area contributed by atoms with Crippen LogP contribution in [0, 0.1) is 0 Å². The lowest BCUT2D eigenvalue weighted by atomic mass is 9.89. The molecule has 7 aromatic carbocycles. The Bertz CT molecular complexity index is 5540. The second-order valence-electron chi connectivity index (χ2n) is 32.7. The molecule has 9 aliphatic rings. The summed E-state index contributed by atoms with van der Waals surface area (Å²) in [7, 11) is 0. The number of carbonyl (C=O) groups is 9. The molecule has 3 fully saturated rings. The summed E-state index contributed by atoms with van der Waals surface area (Å²) in [5, 5.41) is 190. The molecule has 17 bridgehead atoms. The molecule has 8 amide bonds. The van der Waals surface area contributed by atoms with Crippen LogP contribution in [0.25, 0.3) is 11.1 Å². The number of carbonyl (C=O) groups excluding carboxylic acids is 8. The third kappa shape index (κ3) is 20.7. The molecule has 0 aromatic heterocycles. The summed E-state index contributed by atoms with van der Waals surface area (Å²) in [6.07, 6.45) is -23.8.